The van der Waals surface area contributed by atoms with Crippen LogP contribution in [0.15, 0.2) is 18.2 Å². The minimum atomic E-state index is -4.26. The molecular formula is C13H18ClF3N2. The molecule has 2 N–H and O–H groups in total. The van der Waals surface area contributed by atoms with Crippen LogP contribution in [-0.2, 0) is 12.7 Å². The van der Waals surface area contributed by atoms with E-state index in [9.17, 15) is 13.2 Å². The number of hydrogen-bond donors (Lipinski definition) is 1. The van der Waals surface area contributed by atoms with E-state index in [1.165, 1.54) is 6.07 Å². The first-order valence-electron chi connectivity index (χ1n) is 6.01. The van der Waals surface area contributed by atoms with Gasteiger partial charge in [-0.2, -0.15) is 13.2 Å². The molecule has 1 aliphatic heterocycles. The predicted octanol–water partition coefficient (Wildman–Crippen LogP) is 2.97. The van der Waals surface area contributed by atoms with Gasteiger partial charge in [-0.15, -0.1) is 12.4 Å². The number of aryl methyl sites for hydroxylation is 1. The van der Waals surface area contributed by atoms with Crippen molar-refractivity contribution in [3.05, 3.63) is 34.9 Å². The Hall–Kier alpha value is -0.780. The van der Waals surface area contributed by atoms with Crippen molar-refractivity contribution in [2.45, 2.75) is 32.1 Å². The molecule has 0 bridgehead atoms. The highest BCUT2D eigenvalue weighted by Gasteiger charge is 2.30. The molecule has 1 aliphatic rings. The van der Waals surface area contributed by atoms with E-state index in [-0.39, 0.29) is 18.4 Å². The third-order valence-electron chi connectivity index (χ3n) is 3.37. The molecule has 0 saturated carbocycles. The maximum atomic E-state index is 12.5. The Kier molecular flexibility index (Phi) is 5.24. The van der Waals surface area contributed by atoms with Gasteiger partial charge in [0.25, 0.3) is 0 Å². The van der Waals surface area contributed by atoms with Gasteiger partial charge in [-0.1, -0.05) is 6.07 Å². The molecule has 1 aromatic rings. The average molecular weight is 295 g/mol. The lowest BCUT2D eigenvalue weighted by molar-refractivity contribution is -0.137. The fourth-order valence-electron chi connectivity index (χ4n) is 2.30. The van der Waals surface area contributed by atoms with E-state index in [0.29, 0.717) is 12.1 Å². The Morgan fingerprint density at radius 3 is 2.53 bits per heavy atom. The molecule has 108 valence electrons. The topological polar surface area (TPSA) is 29.3 Å². The number of nitrogens with two attached hydrogens (primary N) is 1. The Morgan fingerprint density at radius 1 is 1.37 bits per heavy atom. The lowest BCUT2D eigenvalue weighted by Gasteiger charge is -2.17. The van der Waals surface area contributed by atoms with E-state index in [1.807, 2.05) is 0 Å². The van der Waals surface area contributed by atoms with Crippen LogP contribution in [0.5, 0.6) is 0 Å². The third kappa shape index (κ3) is 4.09. The molecule has 1 heterocycles. The number of benzene rings is 1. The quantitative estimate of drug-likeness (QED) is 0.908. The van der Waals surface area contributed by atoms with E-state index in [2.05, 4.69) is 4.90 Å². The van der Waals surface area contributed by atoms with Gasteiger partial charge >= 0.3 is 6.18 Å². The summed E-state index contributed by atoms with van der Waals surface area (Å²) in [5, 5.41) is 0. The number of hydrogen-bond acceptors (Lipinski definition) is 2. The van der Waals surface area contributed by atoms with Crippen molar-refractivity contribution in [1.29, 1.82) is 0 Å². The van der Waals surface area contributed by atoms with Crippen molar-refractivity contribution in [2.75, 3.05) is 13.1 Å². The summed E-state index contributed by atoms with van der Waals surface area (Å²) in [5.41, 5.74) is 6.85. The van der Waals surface area contributed by atoms with Crippen LogP contribution in [0.3, 0.4) is 0 Å². The molecule has 0 unspecified atom stereocenters. The second-order valence-electron chi connectivity index (χ2n) is 4.92. The SMILES string of the molecule is Cc1cc(C(F)(F)F)ccc1CN1CC[C@@H](N)C1.Cl. The van der Waals surface area contributed by atoms with E-state index in [0.717, 1.165) is 31.1 Å². The molecule has 19 heavy (non-hydrogen) atoms. The number of rotatable bonds is 2. The highest BCUT2D eigenvalue weighted by atomic mass is 35.5. The third-order valence-corrected chi connectivity index (χ3v) is 3.37. The fourth-order valence-corrected chi connectivity index (χ4v) is 2.30. The number of alkyl halides is 3. The smallest absolute Gasteiger partial charge is 0.326 e. The molecule has 1 aromatic carbocycles. The number of nitrogens with zero attached hydrogens (tertiary/aromatic N) is 1. The molecule has 0 spiro atoms. The predicted molar refractivity (Wildman–Crippen MR) is 71.3 cm³/mol. The molecule has 2 rings (SSSR count). The standard InChI is InChI=1S/C13H17F3N2.ClH/c1-9-6-11(13(14,15)16)3-2-10(9)7-18-5-4-12(17)8-18;/h2-3,6,12H,4-5,7-8,17H2,1H3;1H/t12-;/m1./s1. The molecule has 0 amide bonds. The number of likely N-dealkylation sites (tertiary alicyclic amines) is 1. The minimum Gasteiger partial charge on any atom is -0.326 e. The molecule has 0 aliphatic carbocycles. The van der Waals surface area contributed by atoms with Crippen LogP contribution in [0.2, 0.25) is 0 Å². The summed E-state index contributed by atoms with van der Waals surface area (Å²) < 4.78 is 37.6. The Labute approximate surface area is 117 Å². The average Bonchev–Trinajstić information content (AvgIpc) is 2.65. The summed E-state index contributed by atoms with van der Waals surface area (Å²) in [6, 6.07) is 4.13. The molecule has 1 saturated heterocycles. The van der Waals surface area contributed by atoms with E-state index < -0.39 is 11.7 Å². The van der Waals surface area contributed by atoms with Gasteiger partial charge in [0.05, 0.1) is 5.56 Å². The van der Waals surface area contributed by atoms with Crippen LogP contribution < -0.4 is 5.73 Å². The summed E-state index contributed by atoms with van der Waals surface area (Å²) >= 11 is 0. The first kappa shape index (κ1) is 16.3. The Morgan fingerprint density at radius 2 is 2.05 bits per heavy atom. The summed E-state index contributed by atoms with van der Waals surface area (Å²) in [4.78, 5) is 2.18. The molecule has 2 nitrogen and oxygen atoms in total. The van der Waals surface area contributed by atoms with Gasteiger partial charge in [0.15, 0.2) is 0 Å². The molecule has 1 fully saturated rings. The van der Waals surface area contributed by atoms with Gasteiger partial charge in [-0.3, -0.25) is 4.90 Å². The zero-order valence-corrected chi connectivity index (χ0v) is 11.5. The lowest BCUT2D eigenvalue weighted by atomic mass is 10.0. The minimum absolute atomic E-state index is 0. The van der Waals surface area contributed by atoms with Crippen LogP contribution in [-0.4, -0.2) is 24.0 Å². The second kappa shape index (κ2) is 6.11. The zero-order valence-electron chi connectivity index (χ0n) is 10.7. The van der Waals surface area contributed by atoms with E-state index in [1.54, 1.807) is 13.0 Å². The van der Waals surface area contributed by atoms with Gasteiger partial charge in [0.1, 0.15) is 0 Å². The maximum Gasteiger partial charge on any atom is 0.416 e. The van der Waals surface area contributed by atoms with Gasteiger partial charge in [-0.25, -0.2) is 0 Å². The normalized spacial score (nSPS) is 20.4. The maximum absolute atomic E-state index is 12.5. The van der Waals surface area contributed by atoms with Crippen molar-refractivity contribution in [2.24, 2.45) is 5.73 Å². The summed E-state index contributed by atoms with van der Waals surface area (Å²) in [5.74, 6) is 0. The summed E-state index contributed by atoms with van der Waals surface area (Å²) in [6.07, 6.45) is -3.31. The number of halogens is 4. The van der Waals surface area contributed by atoms with Crippen molar-refractivity contribution >= 4 is 12.4 Å². The van der Waals surface area contributed by atoms with Crippen molar-refractivity contribution < 1.29 is 13.2 Å². The highest BCUT2D eigenvalue weighted by Crippen LogP contribution is 2.30. The van der Waals surface area contributed by atoms with Crippen LogP contribution in [0.25, 0.3) is 0 Å². The van der Waals surface area contributed by atoms with Crippen molar-refractivity contribution in [3.8, 4) is 0 Å². The van der Waals surface area contributed by atoms with Gasteiger partial charge < -0.3 is 5.73 Å². The molecule has 0 radical (unpaired) electrons. The van der Waals surface area contributed by atoms with Crippen LogP contribution in [0.1, 0.15) is 23.1 Å². The monoisotopic (exact) mass is 294 g/mol. The fraction of sp³-hybridized carbons (Fsp3) is 0.538. The van der Waals surface area contributed by atoms with E-state index in [4.69, 9.17) is 5.73 Å². The summed E-state index contributed by atoms with van der Waals surface area (Å²) in [7, 11) is 0. The largest absolute Gasteiger partial charge is 0.416 e. The molecule has 0 aromatic heterocycles. The second-order valence-corrected chi connectivity index (χ2v) is 4.92. The lowest BCUT2D eigenvalue weighted by Crippen LogP contribution is -2.26. The van der Waals surface area contributed by atoms with Gasteiger partial charge in [0, 0.05) is 25.7 Å². The zero-order chi connectivity index (χ0) is 13.3. The first-order chi connectivity index (χ1) is 8.36. The molecular weight excluding hydrogens is 277 g/mol. The Bertz CT molecular complexity index is 434. The van der Waals surface area contributed by atoms with Crippen LogP contribution >= 0.6 is 12.4 Å². The molecule has 1 atom stereocenters. The van der Waals surface area contributed by atoms with Gasteiger partial charge in [-0.05, 0) is 36.6 Å². The summed E-state index contributed by atoms with van der Waals surface area (Å²) in [6.45, 7) is 4.14. The first-order valence-corrected chi connectivity index (χ1v) is 6.01. The van der Waals surface area contributed by atoms with Gasteiger partial charge in [0.2, 0.25) is 0 Å². The van der Waals surface area contributed by atoms with E-state index >= 15 is 0 Å². The molecule has 6 heteroatoms. The Balaban J connectivity index is 0.00000180. The van der Waals surface area contributed by atoms with Crippen molar-refractivity contribution in [1.82, 2.24) is 4.90 Å². The highest BCUT2D eigenvalue weighted by molar-refractivity contribution is 5.85. The van der Waals surface area contributed by atoms with Crippen LogP contribution in [0, 0.1) is 6.92 Å². The van der Waals surface area contributed by atoms with Crippen LogP contribution in [0.4, 0.5) is 13.2 Å². The van der Waals surface area contributed by atoms with Crippen molar-refractivity contribution in [3.63, 3.8) is 0 Å².